The summed E-state index contributed by atoms with van der Waals surface area (Å²) in [6.45, 7) is 0.500. The van der Waals surface area contributed by atoms with Crippen LogP contribution in [0.3, 0.4) is 0 Å². The molecule has 0 radical (unpaired) electrons. The maximum atomic E-state index is 13.5. The molecule has 0 saturated carbocycles. The van der Waals surface area contributed by atoms with Gasteiger partial charge in [-0.05, 0) is 72.1 Å². The third-order valence-corrected chi connectivity index (χ3v) is 6.36. The summed E-state index contributed by atoms with van der Waals surface area (Å²) in [4.78, 5) is 29.6. The normalized spacial score (nSPS) is 15.3. The van der Waals surface area contributed by atoms with Crippen LogP contribution in [0.5, 0.6) is 5.75 Å². The fourth-order valence-electron chi connectivity index (χ4n) is 4.50. The van der Waals surface area contributed by atoms with E-state index in [-0.39, 0.29) is 11.6 Å². The molecule has 3 aromatic carbocycles. The van der Waals surface area contributed by atoms with Crippen LogP contribution in [0.4, 0.5) is 5.69 Å². The van der Waals surface area contributed by atoms with Crippen molar-refractivity contribution in [2.45, 2.75) is 12.5 Å². The average molecular weight is 462 g/mol. The number of aromatic nitrogens is 1. The molecule has 1 aromatic heterocycles. The minimum absolute atomic E-state index is 0.00624. The molecular formula is C25H20ClN3O4. The molecule has 1 aliphatic rings. The van der Waals surface area contributed by atoms with Crippen LogP contribution in [-0.4, -0.2) is 34.4 Å². The largest absolute Gasteiger partial charge is 0.497 e. The average Bonchev–Trinajstić information content (AvgIpc) is 3.21. The topological polar surface area (TPSA) is 88.5 Å². The van der Waals surface area contributed by atoms with Crippen LogP contribution >= 0.6 is 11.6 Å². The van der Waals surface area contributed by atoms with Gasteiger partial charge in [0.05, 0.1) is 18.1 Å². The zero-order valence-electron chi connectivity index (χ0n) is 17.7. The summed E-state index contributed by atoms with van der Waals surface area (Å²) in [5, 5.41) is 12.8. The number of ether oxygens (including phenoxy) is 1. The number of nitro groups is 1. The van der Waals surface area contributed by atoms with Gasteiger partial charge in [0.25, 0.3) is 11.6 Å². The van der Waals surface area contributed by atoms with Gasteiger partial charge < -0.3 is 14.6 Å². The summed E-state index contributed by atoms with van der Waals surface area (Å²) in [6.07, 6.45) is 0.672. The van der Waals surface area contributed by atoms with Crippen molar-refractivity contribution in [3.63, 3.8) is 0 Å². The number of aromatic amines is 1. The zero-order valence-corrected chi connectivity index (χ0v) is 18.5. The number of carbonyl (C=O) groups is 1. The summed E-state index contributed by atoms with van der Waals surface area (Å²) in [5.41, 5.74) is 4.31. The number of H-pyrrole nitrogens is 1. The molecule has 0 bridgehead atoms. The van der Waals surface area contributed by atoms with E-state index < -0.39 is 11.0 Å². The Kier molecular flexibility index (Phi) is 5.26. The first kappa shape index (κ1) is 21.0. The second kappa shape index (κ2) is 8.26. The Morgan fingerprint density at radius 3 is 2.52 bits per heavy atom. The number of nitrogens with one attached hydrogen (secondary N) is 1. The number of benzene rings is 3. The quantitative estimate of drug-likeness (QED) is 0.320. The second-order valence-corrected chi connectivity index (χ2v) is 8.37. The van der Waals surface area contributed by atoms with Crippen molar-refractivity contribution in [2.75, 3.05) is 13.7 Å². The first-order valence-electron chi connectivity index (χ1n) is 10.5. The molecule has 166 valence electrons. The van der Waals surface area contributed by atoms with E-state index in [0.29, 0.717) is 23.6 Å². The smallest absolute Gasteiger partial charge is 0.269 e. The second-order valence-electron chi connectivity index (χ2n) is 7.94. The lowest BCUT2D eigenvalue weighted by Crippen LogP contribution is -2.40. The molecule has 7 nitrogen and oxygen atoms in total. The van der Waals surface area contributed by atoms with Gasteiger partial charge in [0, 0.05) is 45.9 Å². The van der Waals surface area contributed by atoms with E-state index in [1.807, 2.05) is 18.2 Å². The molecule has 2 heterocycles. The van der Waals surface area contributed by atoms with Gasteiger partial charge in [0.15, 0.2) is 0 Å². The summed E-state index contributed by atoms with van der Waals surface area (Å²) < 4.78 is 5.40. The van der Waals surface area contributed by atoms with E-state index in [9.17, 15) is 14.9 Å². The third kappa shape index (κ3) is 3.70. The number of amides is 1. The van der Waals surface area contributed by atoms with Gasteiger partial charge in [0.2, 0.25) is 0 Å². The molecule has 4 aromatic rings. The number of nitro benzene ring substituents is 1. The molecule has 0 aliphatic carbocycles. The van der Waals surface area contributed by atoms with Gasteiger partial charge in [0.1, 0.15) is 5.75 Å². The lowest BCUT2D eigenvalue weighted by molar-refractivity contribution is -0.384. The number of hydrogen-bond acceptors (Lipinski definition) is 4. The lowest BCUT2D eigenvalue weighted by atomic mass is 9.91. The lowest BCUT2D eigenvalue weighted by Gasteiger charge is -2.36. The molecule has 1 atom stereocenters. The van der Waals surface area contributed by atoms with Crippen LogP contribution in [0, 0.1) is 10.1 Å². The van der Waals surface area contributed by atoms with Crippen LogP contribution in [-0.2, 0) is 6.42 Å². The van der Waals surface area contributed by atoms with Crippen LogP contribution in [0.15, 0.2) is 66.7 Å². The summed E-state index contributed by atoms with van der Waals surface area (Å²) >= 11 is 6.01. The van der Waals surface area contributed by atoms with Crippen molar-refractivity contribution in [2.24, 2.45) is 0 Å². The van der Waals surface area contributed by atoms with Gasteiger partial charge >= 0.3 is 0 Å². The van der Waals surface area contributed by atoms with Gasteiger partial charge in [-0.3, -0.25) is 14.9 Å². The summed E-state index contributed by atoms with van der Waals surface area (Å²) in [6, 6.07) is 18.6. The third-order valence-electron chi connectivity index (χ3n) is 6.11. The maximum Gasteiger partial charge on any atom is 0.269 e. The van der Waals surface area contributed by atoms with E-state index in [1.165, 1.54) is 12.1 Å². The van der Waals surface area contributed by atoms with E-state index >= 15 is 0 Å². The number of rotatable bonds is 4. The highest BCUT2D eigenvalue weighted by Crippen LogP contribution is 2.40. The minimum atomic E-state index is -0.429. The fourth-order valence-corrected chi connectivity index (χ4v) is 4.62. The first-order chi connectivity index (χ1) is 16.0. The van der Waals surface area contributed by atoms with Crippen molar-refractivity contribution in [1.82, 2.24) is 9.88 Å². The summed E-state index contributed by atoms with van der Waals surface area (Å²) in [5.74, 6) is 0.632. The highest BCUT2D eigenvalue weighted by molar-refractivity contribution is 6.30. The van der Waals surface area contributed by atoms with Gasteiger partial charge in [-0.15, -0.1) is 0 Å². The number of carbonyl (C=O) groups excluding carboxylic acids is 1. The van der Waals surface area contributed by atoms with Crippen molar-refractivity contribution >= 4 is 34.1 Å². The van der Waals surface area contributed by atoms with E-state index in [1.54, 1.807) is 48.4 Å². The molecule has 1 N–H and O–H groups in total. The summed E-state index contributed by atoms with van der Waals surface area (Å²) in [7, 11) is 1.63. The van der Waals surface area contributed by atoms with E-state index in [0.717, 1.165) is 33.5 Å². The number of nitrogens with zero attached hydrogens (tertiary/aromatic N) is 2. The Hall–Kier alpha value is -3.84. The minimum Gasteiger partial charge on any atom is -0.497 e. The standard InChI is InChI=1S/C25H20ClN3O4/c1-33-19-10-11-22-21(14-19)20-12-13-28(25(30)16-2-6-17(26)7-3-16)24(23(20)27-22)15-4-8-18(9-5-15)29(31)32/h2-11,14,24,27H,12-13H2,1H3. The molecule has 0 fully saturated rings. The highest BCUT2D eigenvalue weighted by atomic mass is 35.5. The molecule has 0 spiro atoms. The van der Waals surface area contributed by atoms with Crippen molar-refractivity contribution in [3.05, 3.63) is 104 Å². The Morgan fingerprint density at radius 2 is 1.85 bits per heavy atom. The number of halogens is 1. The van der Waals surface area contributed by atoms with Crippen LogP contribution in [0.2, 0.25) is 5.02 Å². The molecular weight excluding hydrogens is 442 g/mol. The molecule has 1 amide bonds. The Bertz CT molecular complexity index is 1360. The molecule has 0 saturated heterocycles. The molecule has 1 unspecified atom stereocenters. The van der Waals surface area contributed by atoms with Crippen molar-refractivity contribution in [1.29, 1.82) is 0 Å². The van der Waals surface area contributed by atoms with Crippen molar-refractivity contribution < 1.29 is 14.5 Å². The van der Waals surface area contributed by atoms with Crippen LogP contribution < -0.4 is 4.74 Å². The molecule has 1 aliphatic heterocycles. The monoisotopic (exact) mass is 461 g/mol. The van der Waals surface area contributed by atoms with Crippen LogP contribution in [0.1, 0.15) is 33.2 Å². The van der Waals surface area contributed by atoms with Crippen molar-refractivity contribution in [3.8, 4) is 5.75 Å². The number of fused-ring (bicyclic) bond motifs is 3. The van der Waals surface area contributed by atoms with Gasteiger partial charge in [-0.1, -0.05) is 11.6 Å². The number of hydrogen-bond donors (Lipinski definition) is 1. The number of methoxy groups -OCH3 is 1. The Labute approximate surface area is 194 Å². The predicted octanol–water partition coefficient (Wildman–Crippen LogP) is 5.53. The Balaban J connectivity index is 1.65. The molecule has 8 heteroatoms. The SMILES string of the molecule is COc1ccc2[nH]c3c(c2c1)CCN(C(=O)c1ccc(Cl)cc1)C3c1ccc([N+](=O)[O-])cc1. The van der Waals surface area contributed by atoms with Gasteiger partial charge in [-0.25, -0.2) is 0 Å². The fraction of sp³-hybridized carbons (Fsp3) is 0.160. The van der Waals surface area contributed by atoms with E-state index in [2.05, 4.69) is 4.98 Å². The predicted molar refractivity (Wildman–Crippen MR) is 126 cm³/mol. The maximum absolute atomic E-state index is 13.5. The van der Waals surface area contributed by atoms with Gasteiger partial charge in [-0.2, -0.15) is 0 Å². The Morgan fingerprint density at radius 1 is 1.12 bits per heavy atom. The van der Waals surface area contributed by atoms with E-state index in [4.69, 9.17) is 16.3 Å². The number of non-ortho nitro benzene ring substituents is 1. The zero-order chi connectivity index (χ0) is 23.1. The first-order valence-corrected chi connectivity index (χ1v) is 10.8. The van der Waals surface area contributed by atoms with Crippen LogP contribution in [0.25, 0.3) is 10.9 Å². The highest BCUT2D eigenvalue weighted by Gasteiger charge is 2.35. The molecule has 5 rings (SSSR count). The molecule has 33 heavy (non-hydrogen) atoms.